The molecule has 0 spiro atoms. The minimum Gasteiger partial charge on any atom is -0.368 e. The van der Waals surface area contributed by atoms with Gasteiger partial charge in [0.15, 0.2) is 0 Å². The van der Waals surface area contributed by atoms with Gasteiger partial charge < -0.3 is 15.1 Å². The van der Waals surface area contributed by atoms with Gasteiger partial charge in [-0.3, -0.25) is 10.9 Å². The van der Waals surface area contributed by atoms with Crippen LogP contribution in [0.1, 0.15) is 19.8 Å². The lowest BCUT2D eigenvalue weighted by atomic mass is 9.98. The third kappa shape index (κ3) is 4.83. The Morgan fingerprint density at radius 3 is 2.60 bits per heavy atom. The fourth-order valence-corrected chi connectivity index (χ4v) is 3.49. The van der Waals surface area contributed by atoms with Gasteiger partial charge in [-0.25, -0.2) is 9.18 Å². The van der Waals surface area contributed by atoms with Crippen molar-refractivity contribution in [1.29, 1.82) is 0 Å². The standard InChI is InChI=1S/C18H28FN5O/c1-14-15(13-21-22-14)3-2-8-20-18(25)24-11-9-23(10-12-24)17-6-4-16(19)5-7-17/h4-7,14-15,21-22H,2-3,8-13H2,1H3,(H,20,25). The van der Waals surface area contributed by atoms with Crippen LogP contribution in [0.5, 0.6) is 0 Å². The van der Waals surface area contributed by atoms with E-state index in [1.54, 1.807) is 12.1 Å². The second-order valence-corrected chi connectivity index (χ2v) is 6.90. The Labute approximate surface area is 148 Å². The Morgan fingerprint density at radius 2 is 1.96 bits per heavy atom. The summed E-state index contributed by atoms with van der Waals surface area (Å²) in [5, 5.41) is 3.03. The molecule has 0 bridgehead atoms. The second kappa shape index (κ2) is 8.49. The molecule has 0 aliphatic carbocycles. The van der Waals surface area contributed by atoms with Crippen LogP contribution in [-0.2, 0) is 0 Å². The van der Waals surface area contributed by atoms with Crippen molar-refractivity contribution in [1.82, 2.24) is 21.1 Å². The zero-order chi connectivity index (χ0) is 17.6. The van der Waals surface area contributed by atoms with Gasteiger partial charge in [0.05, 0.1) is 0 Å². The molecular weight excluding hydrogens is 321 g/mol. The van der Waals surface area contributed by atoms with Gasteiger partial charge >= 0.3 is 6.03 Å². The lowest BCUT2D eigenvalue weighted by Crippen LogP contribution is -2.52. The average molecular weight is 349 g/mol. The van der Waals surface area contributed by atoms with Gasteiger partial charge in [-0.15, -0.1) is 0 Å². The summed E-state index contributed by atoms with van der Waals surface area (Å²) in [6.45, 7) is 6.84. The van der Waals surface area contributed by atoms with Crippen LogP contribution in [0.25, 0.3) is 0 Å². The maximum atomic E-state index is 13.0. The molecule has 3 rings (SSSR count). The van der Waals surface area contributed by atoms with Crippen LogP contribution in [-0.4, -0.2) is 56.2 Å². The molecule has 7 heteroatoms. The van der Waals surface area contributed by atoms with E-state index < -0.39 is 0 Å². The monoisotopic (exact) mass is 349 g/mol. The lowest BCUT2D eigenvalue weighted by molar-refractivity contribution is 0.194. The third-order valence-electron chi connectivity index (χ3n) is 5.19. The first kappa shape index (κ1) is 17.9. The molecule has 2 atom stereocenters. The zero-order valence-corrected chi connectivity index (χ0v) is 14.8. The van der Waals surface area contributed by atoms with Crippen molar-refractivity contribution < 1.29 is 9.18 Å². The van der Waals surface area contributed by atoms with Crippen molar-refractivity contribution in [2.75, 3.05) is 44.2 Å². The SMILES string of the molecule is CC1NNCC1CCCNC(=O)N1CCN(c2ccc(F)cc2)CC1. The van der Waals surface area contributed by atoms with Crippen LogP contribution in [0.4, 0.5) is 14.9 Å². The molecule has 2 amide bonds. The maximum absolute atomic E-state index is 13.0. The van der Waals surface area contributed by atoms with E-state index in [1.807, 2.05) is 4.90 Å². The number of benzene rings is 1. The predicted molar refractivity (Wildman–Crippen MR) is 96.9 cm³/mol. The molecule has 2 saturated heterocycles. The van der Waals surface area contributed by atoms with E-state index in [2.05, 4.69) is 28.0 Å². The largest absolute Gasteiger partial charge is 0.368 e. The molecule has 25 heavy (non-hydrogen) atoms. The number of halogens is 1. The molecule has 2 fully saturated rings. The summed E-state index contributed by atoms with van der Waals surface area (Å²) in [5.41, 5.74) is 7.40. The Kier molecular flexibility index (Phi) is 6.09. The van der Waals surface area contributed by atoms with Crippen LogP contribution < -0.4 is 21.1 Å². The molecule has 0 aromatic heterocycles. The summed E-state index contributed by atoms with van der Waals surface area (Å²) in [6.07, 6.45) is 2.11. The minimum absolute atomic E-state index is 0.0227. The van der Waals surface area contributed by atoms with Crippen LogP contribution in [0, 0.1) is 11.7 Å². The smallest absolute Gasteiger partial charge is 0.317 e. The van der Waals surface area contributed by atoms with Crippen molar-refractivity contribution in [3.63, 3.8) is 0 Å². The summed E-state index contributed by atoms with van der Waals surface area (Å²) in [6, 6.07) is 7.05. The number of nitrogens with zero attached hydrogens (tertiary/aromatic N) is 2. The number of nitrogens with one attached hydrogen (secondary N) is 3. The third-order valence-corrected chi connectivity index (χ3v) is 5.19. The molecule has 2 aliphatic rings. The molecule has 2 aliphatic heterocycles. The highest BCUT2D eigenvalue weighted by Gasteiger charge is 2.23. The fourth-order valence-electron chi connectivity index (χ4n) is 3.49. The van der Waals surface area contributed by atoms with E-state index >= 15 is 0 Å². The van der Waals surface area contributed by atoms with Crippen molar-refractivity contribution in [3.8, 4) is 0 Å². The molecule has 0 saturated carbocycles. The summed E-state index contributed by atoms with van der Waals surface area (Å²) in [7, 11) is 0. The van der Waals surface area contributed by atoms with Gasteiger partial charge in [-0.05, 0) is 49.9 Å². The number of urea groups is 1. The van der Waals surface area contributed by atoms with E-state index in [4.69, 9.17) is 0 Å². The number of anilines is 1. The van der Waals surface area contributed by atoms with Crippen LogP contribution in [0.15, 0.2) is 24.3 Å². The van der Waals surface area contributed by atoms with E-state index in [1.165, 1.54) is 12.1 Å². The Bertz CT molecular complexity index is 559. The Morgan fingerprint density at radius 1 is 1.24 bits per heavy atom. The highest BCUT2D eigenvalue weighted by atomic mass is 19.1. The topological polar surface area (TPSA) is 59.6 Å². The predicted octanol–water partition coefficient (Wildman–Crippen LogP) is 1.55. The molecule has 3 N–H and O–H groups in total. The van der Waals surface area contributed by atoms with Gasteiger partial charge in [0.25, 0.3) is 0 Å². The van der Waals surface area contributed by atoms with E-state index in [0.29, 0.717) is 25.0 Å². The number of carbonyl (C=O) groups is 1. The second-order valence-electron chi connectivity index (χ2n) is 6.90. The first-order valence-electron chi connectivity index (χ1n) is 9.15. The first-order valence-corrected chi connectivity index (χ1v) is 9.15. The highest BCUT2D eigenvalue weighted by Crippen LogP contribution is 2.17. The van der Waals surface area contributed by atoms with Gasteiger partial charge in [0.2, 0.25) is 0 Å². The lowest BCUT2D eigenvalue weighted by Gasteiger charge is -2.36. The molecule has 1 aromatic rings. The van der Waals surface area contributed by atoms with E-state index in [0.717, 1.165) is 44.7 Å². The summed E-state index contributed by atoms with van der Waals surface area (Å²) < 4.78 is 13.0. The maximum Gasteiger partial charge on any atom is 0.317 e. The number of rotatable bonds is 5. The van der Waals surface area contributed by atoms with Crippen LogP contribution >= 0.6 is 0 Å². The van der Waals surface area contributed by atoms with Gasteiger partial charge in [-0.1, -0.05) is 0 Å². The number of hydrogen-bond acceptors (Lipinski definition) is 4. The van der Waals surface area contributed by atoms with Crippen LogP contribution in [0.3, 0.4) is 0 Å². The fraction of sp³-hybridized carbons (Fsp3) is 0.611. The number of hydrazine groups is 1. The van der Waals surface area contributed by atoms with E-state index in [9.17, 15) is 9.18 Å². The Balaban J connectivity index is 1.34. The summed E-state index contributed by atoms with van der Waals surface area (Å²) in [4.78, 5) is 16.3. The minimum atomic E-state index is -0.222. The number of hydrogen-bond donors (Lipinski definition) is 3. The highest BCUT2D eigenvalue weighted by molar-refractivity contribution is 5.74. The van der Waals surface area contributed by atoms with Crippen molar-refractivity contribution in [2.45, 2.75) is 25.8 Å². The molecule has 1 aromatic carbocycles. The van der Waals surface area contributed by atoms with Crippen molar-refractivity contribution in [3.05, 3.63) is 30.1 Å². The number of piperazine rings is 1. The van der Waals surface area contributed by atoms with E-state index in [-0.39, 0.29) is 11.8 Å². The molecule has 2 heterocycles. The zero-order valence-electron chi connectivity index (χ0n) is 14.8. The van der Waals surface area contributed by atoms with Gasteiger partial charge in [0, 0.05) is 51.0 Å². The molecule has 138 valence electrons. The Hall–Kier alpha value is -1.86. The normalized spacial score (nSPS) is 23.8. The van der Waals surface area contributed by atoms with Gasteiger partial charge in [-0.2, -0.15) is 0 Å². The first-order chi connectivity index (χ1) is 12.1. The molecule has 6 nitrogen and oxygen atoms in total. The number of carbonyl (C=O) groups excluding carboxylic acids is 1. The summed E-state index contributed by atoms with van der Waals surface area (Å²) >= 11 is 0. The quantitative estimate of drug-likeness (QED) is 0.706. The number of amides is 2. The summed E-state index contributed by atoms with van der Waals surface area (Å²) in [5.74, 6) is 0.413. The van der Waals surface area contributed by atoms with Gasteiger partial charge in [0.1, 0.15) is 5.82 Å². The molecule has 2 unspecified atom stereocenters. The van der Waals surface area contributed by atoms with Crippen LogP contribution in [0.2, 0.25) is 0 Å². The molecule has 0 radical (unpaired) electrons. The molecular formula is C18H28FN5O. The average Bonchev–Trinajstić information content (AvgIpc) is 3.04. The van der Waals surface area contributed by atoms with Crippen molar-refractivity contribution >= 4 is 11.7 Å². The van der Waals surface area contributed by atoms with Crippen molar-refractivity contribution in [2.24, 2.45) is 5.92 Å².